The number of aromatic nitrogens is 4. The van der Waals surface area contributed by atoms with Gasteiger partial charge >= 0.3 is 0 Å². The van der Waals surface area contributed by atoms with E-state index in [0.717, 1.165) is 61.9 Å². The normalized spacial score (nSPS) is 12.4. The van der Waals surface area contributed by atoms with E-state index < -0.39 is 0 Å². The van der Waals surface area contributed by atoms with Crippen molar-refractivity contribution in [3.05, 3.63) is 138 Å². The SMILES string of the molecule is CC=C(C=C(C=CCC)NC(=O)Cc1ccccc1)c1ccc2[nH]nc(-c3nc4c(-c5ccc(F)cc5)cccc4[nH]3)c2c1. The van der Waals surface area contributed by atoms with Crippen LogP contribution in [0.4, 0.5) is 4.39 Å². The minimum Gasteiger partial charge on any atom is -0.337 e. The number of nitrogens with zero attached hydrogens (tertiary/aromatic N) is 2. The predicted octanol–water partition coefficient (Wildman–Crippen LogP) is 8.52. The van der Waals surface area contributed by atoms with E-state index in [0.29, 0.717) is 17.9 Å². The van der Waals surface area contributed by atoms with Gasteiger partial charge < -0.3 is 10.3 Å². The van der Waals surface area contributed by atoms with E-state index >= 15 is 0 Å². The van der Waals surface area contributed by atoms with Crippen molar-refractivity contribution >= 4 is 33.4 Å². The fourth-order valence-corrected chi connectivity index (χ4v) is 5.24. The zero-order chi connectivity index (χ0) is 30.5. The molecular formula is C37H32FN5O. The molecule has 0 unspecified atom stereocenters. The first kappa shape index (κ1) is 28.6. The van der Waals surface area contributed by atoms with Gasteiger partial charge in [-0.2, -0.15) is 5.10 Å². The summed E-state index contributed by atoms with van der Waals surface area (Å²) in [5.74, 6) is 0.284. The highest BCUT2D eigenvalue weighted by molar-refractivity contribution is 5.98. The molecule has 3 N–H and O–H groups in total. The molecule has 2 heterocycles. The Morgan fingerprint density at radius 1 is 0.955 bits per heavy atom. The van der Waals surface area contributed by atoms with Gasteiger partial charge in [0.1, 0.15) is 11.5 Å². The predicted molar refractivity (Wildman–Crippen MR) is 176 cm³/mol. The first-order valence-electron chi connectivity index (χ1n) is 14.6. The number of rotatable bonds is 9. The van der Waals surface area contributed by atoms with Gasteiger partial charge in [-0.25, -0.2) is 9.37 Å². The van der Waals surface area contributed by atoms with Crippen LogP contribution in [0.3, 0.4) is 0 Å². The van der Waals surface area contributed by atoms with Crippen LogP contribution in [0.25, 0.3) is 50.2 Å². The van der Waals surface area contributed by atoms with Crippen LogP contribution in [0.5, 0.6) is 0 Å². The molecule has 218 valence electrons. The number of carbonyl (C=O) groups is 1. The largest absolute Gasteiger partial charge is 0.337 e. The van der Waals surface area contributed by atoms with Crippen molar-refractivity contribution in [2.75, 3.05) is 0 Å². The maximum absolute atomic E-state index is 13.6. The minimum atomic E-state index is -0.277. The van der Waals surface area contributed by atoms with Crippen molar-refractivity contribution in [1.29, 1.82) is 0 Å². The Morgan fingerprint density at radius 2 is 1.77 bits per heavy atom. The summed E-state index contributed by atoms with van der Waals surface area (Å²) in [5.41, 5.74) is 8.65. The first-order valence-corrected chi connectivity index (χ1v) is 14.6. The molecule has 0 radical (unpaired) electrons. The third-order valence-corrected chi connectivity index (χ3v) is 7.43. The molecular weight excluding hydrogens is 549 g/mol. The highest BCUT2D eigenvalue weighted by Crippen LogP contribution is 2.33. The fraction of sp³-hybridized carbons (Fsp3) is 0.108. The van der Waals surface area contributed by atoms with Crippen molar-refractivity contribution in [3.8, 4) is 22.6 Å². The van der Waals surface area contributed by atoms with E-state index in [4.69, 9.17) is 4.98 Å². The Hall–Kier alpha value is -5.56. The Bertz CT molecular complexity index is 2030. The van der Waals surface area contributed by atoms with E-state index in [1.165, 1.54) is 12.1 Å². The van der Waals surface area contributed by atoms with Crippen molar-refractivity contribution in [2.24, 2.45) is 0 Å². The molecule has 0 bridgehead atoms. The molecule has 0 saturated heterocycles. The lowest BCUT2D eigenvalue weighted by atomic mass is 10.0. The summed E-state index contributed by atoms with van der Waals surface area (Å²) in [6, 6.07) is 28.2. The fourth-order valence-electron chi connectivity index (χ4n) is 5.24. The smallest absolute Gasteiger partial charge is 0.228 e. The highest BCUT2D eigenvalue weighted by atomic mass is 19.1. The standard InChI is InChI=1S/C37H32FN5O/c1-3-5-12-29(39-34(44)21-24-10-7-6-8-11-24)22-25(4-2)27-17-20-32-31(23-27)36(43-42-32)37-40-33-14-9-13-30(35(33)41-37)26-15-18-28(38)19-16-26/h4-20,22-23H,3,21H2,1-2H3,(H,39,44)(H,40,41)(H,42,43). The number of carbonyl (C=O) groups excluding carboxylic acids is 1. The minimum absolute atomic E-state index is 0.0730. The number of halogens is 1. The highest BCUT2D eigenvalue weighted by Gasteiger charge is 2.16. The van der Waals surface area contributed by atoms with Gasteiger partial charge in [0, 0.05) is 16.6 Å². The molecule has 6 nitrogen and oxygen atoms in total. The van der Waals surface area contributed by atoms with E-state index in [-0.39, 0.29) is 11.7 Å². The van der Waals surface area contributed by atoms with Gasteiger partial charge in [-0.05, 0) is 78.1 Å². The average Bonchev–Trinajstić information content (AvgIpc) is 3.67. The number of allylic oxidation sites excluding steroid dienone is 5. The third-order valence-electron chi connectivity index (χ3n) is 7.43. The summed E-state index contributed by atoms with van der Waals surface area (Å²) < 4.78 is 13.6. The summed E-state index contributed by atoms with van der Waals surface area (Å²) >= 11 is 0. The van der Waals surface area contributed by atoms with Gasteiger partial charge in [-0.3, -0.25) is 9.89 Å². The molecule has 0 aliphatic heterocycles. The van der Waals surface area contributed by atoms with Gasteiger partial charge in [0.15, 0.2) is 5.82 Å². The van der Waals surface area contributed by atoms with Crippen LogP contribution >= 0.6 is 0 Å². The van der Waals surface area contributed by atoms with Crippen molar-refractivity contribution in [1.82, 2.24) is 25.5 Å². The summed E-state index contributed by atoms with van der Waals surface area (Å²) in [5, 5.41) is 11.7. The molecule has 6 aromatic rings. The van der Waals surface area contributed by atoms with Gasteiger partial charge in [0.2, 0.25) is 5.91 Å². The number of benzene rings is 4. The first-order chi connectivity index (χ1) is 21.5. The lowest BCUT2D eigenvalue weighted by molar-refractivity contribution is -0.119. The number of hydrogen-bond donors (Lipinski definition) is 3. The van der Waals surface area contributed by atoms with E-state index in [9.17, 15) is 9.18 Å². The molecule has 0 fully saturated rings. The van der Waals surface area contributed by atoms with Crippen LogP contribution < -0.4 is 5.32 Å². The molecule has 6 rings (SSSR count). The summed E-state index contributed by atoms with van der Waals surface area (Å²) in [4.78, 5) is 21.2. The zero-order valence-electron chi connectivity index (χ0n) is 24.6. The molecule has 4 aromatic carbocycles. The Balaban J connectivity index is 1.33. The van der Waals surface area contributed by atoms with Crippen LogP contribution in [0, 0.1) is 5.82 Å². The van der Waals surface area contributed by atoms with Crippen molar-refractivity contribution in [2.45, 2.75) is 26.7 Å². The molecule has 7 heteroatoms. The Kier molecular flexibility index (Phi) is 8.28. The van der Waals surface area contributed by atoms with Crippen molar-refractivity contribution < 1.29 is 9.18 Å². The van der Waals surface area contributed by atoms with E-state index in [1.54, 1.807) is 12.1 Å². The van der Waals surface area contributed by atoms with Gasteiger partial charge in [-0.1, -0.05) is 79.7 Å². The van der Waals surface area contributed by atoms with E-state index in [1.807, 2.05) is 91.9 Å². The van der Waals surface area contributed by atoms with Crippen LogP contribution in [-0.4, -0.2) is 26.1 Å². The number of aromatic amines is 2. The van der Waals surface area contributed by atoms with Gasteiger partial charge in [-0.15, -0.1) is 0 Å². The van der Waals surface area contributed by atoms with Crippen LogP contribution in [0.2, 0.25) is 0 Å². The lowest BCUT2D eigenvalue weighted by Crippen LogP contribution is -2.23. The van der Waals surface area contributed by atoms with Crippen molar-refractivity contribution in [3.63, 3.8) is 0 Å². The molecule has 2 aromatic heterocycles. The zero-order valence-corrected chi connectivity index (χ0v) is 24.6. The third kappa shape index (κ3) is 6.13. The lowest BCUT2D eigenvalue weighted by Gasteiger charge is -2.09. The van der Waals surface area contributed by atoms with Crippen LogP contribution in [0.1, 0.15) is 31.4 Å². The Morgan fingerprint density at radius 3 is 2.55 bits per heavy atom. The number of para-hydroxylation sites is 1. The molecule has 0 atom stereocenters. The molecule has 0 saturated carbocycles. The van der Waals surface area contributed by atoms with E-state index in [2.05, 4.69) is 33.5 Å². The maximum atomic E-state index is 13.6. The van der Waals surface area contributed by atoms with Crippen LogP contribution in [0.15, 0.2) is 121 Å². The second kappa shape index (κ2) is 12.8. The quantitative estimate of drug-likeness (QED) is 0.150. The summed E-state index contributed by atoms with van der Waals surface area (Å²) in [6.07, 6.45) is 9.14. The number of H-pyrrole nitrogens is 2. The molecule has 0 aliphatic rings. The topological polar surface area (TPSA) is 86.5 Å². The van der Waals surface area contributed by atoms with Gasteiger partial charge in [0.25, 0.3) is 0 Å². The summed E-state index contributed by atoms with van der Waals surface area (Å²) in [6.45, 7) is 4.04. The average molecular weight is 582 g/mol. The number of fused-ring (bicyclic) bond motifs is 2. The Labute approximate surface area is 255 Å². The van der Waals surface area contributed by atoms with Gasteiger partial charge in [0.05, 0.1) is 23.0 Å². The number of nitrogens with one attached hydrogen (secondary N) is 3. The molecule has 44 heavy (non-hydrogen) atoms. The molecule has 1 amide bonds. The second-order valence-electron chi connectivity index (χ2n) is 10.5. The van der Waals surface area contributed by atoms with Crippen LogP contribution in [-0.2, 0) is 11.2 Å². The monoisotopic (exact) mass is 581 g/mol. The number of imidazole rings is 1. The maximum Gasteiger partial charge on any atom is 0.228 e. The second-order valence-corrected chi connectivity index (χ2v) is 10.5. The molecule has 0 aliphatic carbocycles. The number of hydrogen-bond acceptors (Lipinski definition) is 3. The number of amides is 1. The molecule has 0 spiro atoms. The summed E-state index contributed by atoms with van der Waals surface area (Å²) in [7, 11) is 0.